The number of phenolic OH excluding ortho intramolecular Hbond substituents is 1. The van der Waals surface area contributed by atoms with Gasteiger partial charge in [-0.3, -0.25) is 4.79 Å². The Kier molecular flexibility index (Phi) is 3.87. The molecule has 0 aromatic heterocycles. The minimum Gasteiger partial charge on any atom is -0.508 e. The molecule has 0 heterocycles. The third-order valence-corrected chi connectivity index (χ3v) is 2.16. The molecule has 0 spiro atoms. The Morgan fingerprint density at radius 3 is 2.53 bits per heavy atom. The number of aliphatic hydroxyl groups excluding tert-OH is 1. The maximum Gasteiger partial charge on any atom is 0.378 e. The van der Waals surface area contributed by atoms with Crippen LogP contribution in [0.2, 0.25) is 0 Å². The number of hydrogen-bond donors (Lipinski definition) is 2. The lowest BCUT2D eigenvalue weighted by Gasteiger charge is -2.03. The van der Waals surface area contributed by atoms with Gasteiger partial charge in [0, 0.05) is 11.6 Å². The number of benzene rings is 1. The lowest BCUT2D eigenvalue weighted by Crippen LogP contribution is -2.13. The van der Waals surface area contributed by atoms with Gasteiger partial charge in [-0.05, 0) is 18.6 Å². The van der Waals surface area contributed by atoms with E-state index >= 15 is 0 Å². The molecule has 0 fully saturated rings. The number of carbonyl (C=O) groups excluding carboxylic acids is 2. The zero-order chi connectivity index (χ0) is 13.0. The van der Waals surface area contributed by atoms with Crippen LogP contribution in [0, 0.1) is 6.92 Å². The summed E-state index contributed by atoms with van der Waals surface area (Å²) in [6.07, 6.45) is 0.746. The fourth-order valence-electron chi connectivity index (χ4n) is 1.14. The lowest BCUT2D eigenvalue weighted by molar-refractivity contribution is -0.149. The van der Waals surface area contributed by atoms with Gasteiger partial charge in [0.1, 0.15) is 11.5 Å². The van der Waals surface area contributed by atoms with Gasteiger partial charge in [-0.2, -0.15) is 0 Å². The van der Waals surface area contributed by atoms with Crippen LogP contribution in [0.25, 0.3) is 5.76 Å². The molecule has 5 nitrogen and oxygen atoms in total. The van der Waals surface area contributed by atoms with Crippen molar-refractivity contribution >= 4 is 17.5 Å². The molecule has 0 aliphatic heterocycles. The summed E-state index contributed by atoms with van der Waals surface area (Å²) in [6.45, 7) is 1.69. The maximum absolute atomic E-state index is 11.1. The van der Waals surface area contributed by atoms with Gasteiger partial charge in [0.15, 0.2) is 0 Å². The van der Waals surface area contributed by atoms with E-state index in [0.717, 1.165) is 13.2 Å². The van der Waals surface area contributed by atoms with E-state index in [2.05, 4.69) is 4.74 Å². The molecule has 0 radical (unpaired) electrons. The predicted octanol–water partition coefficient (Wildman–Crippen LogP) is 1.34. The quantitative estimate of drug-likeness (QED) is 0.358. The smallest absolute Gasteiger partial charge is 0.378 e. The fraction of sp³-hybridized carbons (Fsp3) is 0.167. The van der Waals surface area contributed by atoms with Gasteiger partial charge in [-0.15, -0.1) is 0 Å². The number of esters is 1. The molecule has 0 saturated carbocycles. The standard InChI is InChI=1S/C12H12O5/c1-7-3-4-8(5-9(7)13)10(14)6-11(15)12(16)17-2/h3-6,13-14H,1-2H3/b10-6-. The molecule has 0 bridgehead atoms. The highest BCUT2D eigenvalue weighted by atomic mass is 16.5. The Morgan fingerprint density at radius 2 is 2.00 bits per heavy atom. The summed E-state index contributed by atoms with van der Waals surface area (Å²) in [5.74, 6) is -2.44. The summed E-state index contributed by atoms with van der Waals surface area (Å²) < 4.78 is 4.20. The largest absolute Gasteiger partial charge is 0.508 e. The molecular formula is C12H12O5. The van der Waals surface area contributed by atoms with Gasteiger partial charge in [0.05, 0.1) is 7.11 Å². The Bertz CT molecular complexity index is 488. The van der Waals surface area contributed by atoms with Crippen molar-refractivity contribution in [3.8, 4) is 5.75 Å². The van der Waals surface area contributed by atoms with Gasteiger partial charge in [-0.1, -0.05) is 12.1 Å². The number of methoxy groups -OCH3 is 1. The lowest BCUT2D eigenvalue weighted by atomic mass is 10.1. The Balaban J connectivity index is 3.00. The molecule has 1 rings (SSSR count). The molecule has 90 valence electrons. The van der Waals surface area contributed by atoms with E-state index < -0.39 is 17.5 Å². The highest BCUT2D eigenvalue weighted by Gasteiger charge is 2.13. The monoisotopic (exact) mass is 236 g/mol. The third kappa shape index (κ3) is 3.07. The van der Waals surface area contributed by atoms with E-state index in [-0.39, 0.29) is 11.3 Å². The van der Waals surface area contributed by atoms with Crippen molar-refractivity contribution in [2.24, 2.45) is 0 Å². The number of ether oxygens (including phenoxy) is 1. The van der Waals surface area contributed by atoms with E-state index in [1.165, 1.54) is 12.1 Å². The van der Waals surface area contributed by atoms with Crippen molar-refractivity contribution in [2.45, 2.75) is 6.92 Å². The summed E-state index contributed by atoms with van der Waals surface area (Å²) in [5.41, 5.74) is 0.881. The summed E-state index contributed by atoms with van der Waals surface area (Å²) in [6, 6.07) is 4.40. The molecule has 0 amide bonds. The van der Waals surface area contributed by atoms with Crippen LogP contribution < -0.4 is 0 Å². The number of rotatable bonds is 3. The number of carbonyl (C=O) groups is 2. The predicted molar refractivity (Wildman–Crippen MR) is 60.5 cm³/mol. The summed E-state index contributed by atoms with van der Waals surface area (Å²) in [5, 5.41) is 19.0. The second-order valence-corrected chi connectivity index (χ2v) is 3.39. The number of phenols is 1. The highest BCUT2D eigenvalue weighted by molar-refractivity contribution is 6.39. The first-order valence-electron chi connectivity index (χ1n) is 4.78. The van der Waals surface area contributed by atoms with Crippen molar-refractivity contribution < 1.29 is 24.5 Å². The zero-order valence-corrected chi connectivity index (χ0v) is 9.43. The molecule has 0 unspecified atom stereocenters. The van der Waals surface area contributed by atoms with Gasteiger partial charge < -0.3 is 14.9 Å². The average molecular weight is 236 g/mol. The van der Waals surface area contributed by atoms with Crippen molar-refractivity contribution in [1.29, 1.82) is 0 Å². The van der Waals surface area contributed by atoms with Crippen LogP contribution in [0.1, 0.15) is 11.1 Å². The van der Waals surface area contributed by atoms with Crippen molar-refractivity contribution in [3.05, 3.63) is 35.4 Å². The van der Waals surface area contributed by atoms with E-state index in [4.69, 9.17) is 0 Å². The first kappa shape index (κ1) is 12.8. The van der Waals surface area contributed by atoms with E-state index in [1.807, 2.05) is 0 Å². The SMILES string of the molecule is COC(=O)C(=O)/C=C(\O)c1ccc(C)c(O)c1. The van der Waals surface area contributed by atoms with Crippen LogP contribution >= 0.6 is 0 Å². The average Bonchev–Trinajstić information content (AvgIpc) is 2.31. The number of aryl methyl sites for hydroxylation is 1. The number of hydrogen-bond acceptors (Lipinski definition) is 5. The topological polar surface area (TPSA) is 83.8 Å². The maximum atomic E-state index is 11.1. The molecular weight excluding hydrogens is 224 g/mol. The number of ketones is 1. The molecule has 1 aromatic carbocycles. The van der Waals surface area contributed by atoms with Crippen molar-refractivity contribution in [1.82, 2.24) is 0 Å². The first-order valence-corrected chi connectivity index (χ1v) is 4.78. The zero-order valence-electron chi connectivity index (χ0n) is 9.43. The van der Waals surface area contributed by atoms with Crippen molar-refractivity contribution in [3.63, 3.8) is 0 Å². The number of aromatic hydroxyl groups is 1. The molecule has 0 atom stereocenters. The second-order valence-electron chi connectivity index (χ2n) is 3.39. The molecule has 0 saturated heterocycles. The fourth-order valence-corrected chi connectivity index (χ4v) is 1.14. The van der Waals surface area contributed by atoms with Crippen LogP contribution in [-0.2, 0) is 14.3 Å². The van der Waals surface area contributed by atoms with E-state index in [0.29, 0.717) is 5.56 Å². The van der Waals surface area contributed by atoms with Crippen LogP contribution in [0.4, 0.5) is 0 Å². The summed E-state index contributed by atoms with van der Waals surface area (Å²) in [7, 11) is 1.07. The molecule has 1 aromatic rings. The third-order valence-electron chi connectivity index (χ3n) is 2.16. The van der Waals surface area contributed by atoms with Crippen LogP contribution in [-0.4, -0.2) is 29.1 Å². The molecule has 17 heavy (non-hydrogen) atoms. The van der Waals surface area contributed by atoms with Gasteiger partial charge in [0.25, 0.3) is 5.78 Å². The minimum absolute atomic E-state index is 0.00651. The summed E-state index contributed by atoms with van der Waals surface area (Å²) in [4.78, 5) is 22.0. The number of aliphatic hydroxyl groups is 1. The van der Waals surface area contributed by atoms with Gasteiger partial charge in [-0.25, -0.2) is 4.79 Å². The molecule has 2 N–H and O–H groups in total. The Labute approximate surface area is 98.0 Å². The Hall–Kier alpha value is -2.30. The van der Waals surface area contributed by atoms with Crippen LogP contribution in [0.5, 0.6) is 5.75 Å². The molecule has 5 heteroatoms. The molecule has 0 aliphatic rings. The van der Waals surface area contributed by atoms with Crippen molar-refractivity contribution in [2.75, 3.05) is 7.11 Å². The normalized spacial score (nSPS) is 11.1. The van der Waals surface area contributed by atoms with E-state index in [9.17, 15) is 19.8 Å². The Morgan fingerprint density at radius 1 is 1.35 bits per heavy atom. The summed E-state index contributed by atoms with van der Waals surface area (Å²) >= 11 is 0. The minimum atomic E-state index is -1.06. The van der Waals surface area contributed by atoms with E-state index in [1.54, 1.807) is 13.0 Å². The van der Waals surface area contributed by atoms with Gasteiger partial charge >= 0.3 is 5.97 Å². The van der Waals surface area contributed by atoms with Gasteiger partial charge in [0.2, 0.25) is 0 Å². The van der Waals surface area contributed by atoms with Crippen LogP contribution in [0.15, 0.2) is 24.3 Å². The molecule has 0 aliphatic carbocycles. The van der Waals surface area contributed by atoms with Crippen LogP contribution in [0.3, 0.4) is 0 Å². The highest BCUT2D eigenvalue weighted by Crippen LogP contribution is 2.21. The first-order chi connectivity index (χ1) is 7.95. The second kappa shape index (κ2) is 5.16.